The van der Waals surface area contributed by atoms with E-state index < -0.39 is 0 Å². The molecule has 2 aromatic heterocycles. The molecule has 1 aliphatic rings. The van der Waals surface area contributed by atoms with Gasteiger partial charge >= 0.3 is 0 Å². The van der Waals surface area contributed by atoms with Gasteiger partial charge in [-0.05, 0) is 66.8 Å². The lowest BCUT2D eigenvalue weighted by atomic mass is 10.1. The normalized spacial score (nSPS) is 16.7. The monoisotopic (exact) mass is 467 g/mol. The summed E-state index contributed by atoms with van der Waals surface area (Å²) in [6.07, 6.45) is 3.98. The minimum absolute atomic E-state index is 0.0485. The summed E-state index contributed by atoms with van der Waals surface area (Å²) >= 11 is 1.37. The van der Waals surface area contributed by atoms with Crippen LogP contribution in [0.2, 0.25) is 0 Å². The number of anilines is 1. The van der Waals surface area contributed by atoms with Crippen molar-refractivity contribution in [1.82, 2.24) is 19.4 Å². The lowest BCUT2D eigenvalue weighted by Gasteiger charge is -2.27. The second kappa shape index (κ2) is 8.91. The Morgan fingerprint density at radius 2 is 1.91 bits per heavy atom. The number of carbonyl (C=O) groups excluding carboxylic acids is 2. The molecule has 1 N–H and O–H groups in total. The SMILES string of the molecule is Cc1ccc(C(=O)Nc2nc3c(s2)c(C(=O)N2CCCC2CN(C)C)cn3C(C)(C)C)cc1. The van der Waals surface area contributed by atoms with E-state index in [2.05, 4.69) is 31.0 Å². The molecule has 0 spiro atoms. The predicted octanol–water partition coefficient (Wildman–Crippen LogP) is 4.58. The molecule has 4 rings (SSSR count). The molecule has 1 atom stereocenters. The molecule has 0 saturated carbocycles. The molecule has 33 heavy (non-hydrogen) atoms. The van der Waals surface area contributed by atoms with Crippen molar-refractivity contribution in [2.75, 3.05) is 32.5 Å². The van der Waals surface area contributed by atoms with Crippen LogP contribution in [0.1, 0.15) is 59.9 Å². The third kappa shape index (κ3) is 4.82. The zero-order valence-corrected chi connectivity index (χ0v) is 21.1. The van der Waals surface area contributed by atoms with E-state index in [-0.39, 0.29) is 23.4 Å². The van der Waals surface area contributed by atoms with Gasteiger partial charge in [-0.3, -0.25) is 14.9 Å². The van der Waals surface area contributed by atoms with Crippen LogP contribution >= 0.6 is 11.3 Å². The van der Waals surface area contributed by atoms with Gasteiger partial charge in [-0.1, -0.05) is 29.0 Å². The van der Waals surface area contributed by atoms with E-state index in [1.807, 2.05) is 48.8 Å². The molecule has 7 nitrogen and oxygen atoms in total. The summed E-state index contributed by atoms with van der Waals surface area (Å²) < 4.78 is 2.87. The Morgan fingerprint density at radius 1 is 1.21 bits per heavy atom. The Labute approximate surface area is 199 Å². The smallest absolute Gasteiger partial charge is 0.257 e. The summed E-state index contributed by atoms with van der Waals surface area (Å²) in [6, 6.07) is 7.66. The van der Waals surface area contributed by atoms with E-state index in [0.29, 0.717) is 16.3 Å². The second-order valence-electron chi connectivity index (χ2n) is 10.1. The van der Waals surface area contributed by atoms with Crippen molar-refractivity contribution < 1.29 is 9.59 Å². The quantitative estimate of drug-likeness (QED) is 0.596. The Bertz CT molecular complexity index is 1170. The maximum atomic E-state index is 13.7. The van der Waals surface area contributed by atoms with Gasteiger partial charge in [0, 0.05) is 36.4 Å². The lowest BCUT2D eigenvalue weighted by molar-refractivity contribution is 0.0718. The Hall–Kier alpha value is -2.71. The van der Waals surface area contributed by atoms with Crippen LogP contribution in [0.15, 0.2) is 30.5 Å². The molecule has 1 aliphatic heterocycles. The summed E-state index contributed by atoms with van der Waals surface area (Å²) in [5.41, 5.74) is 2.83. The standard InChI is InChI=1S/C25H33N5O2S/c1-16-9-11-17(12-10-16)22(31)27-24-26-21-20(33-24)19(15-30(21)25(2,3)4)23(32)29-13-7-8-18(29)14-28(5)6/h9-12,15,18H,7-8,13-14H2,1-6H3,(H,26,27,31). The van der Waals surface area contributed by atoms with Crippen molar-refractivity contribution in [3.8, 4) is 0 Å². The highest BCUT2D eigenvalue weighted by molar-refractivity contribution is 7.22. The van der Waals surface area contributed by atoms with Crippen molar-refractivity contribution in [2.45, 2.75) is 52.1 Å². The largest absolute Gasteiger partial charge is 0.334 e. The van der Waals surface area contributed by atoms with Crippen molar-refractivity contribution in [2.24, 2.45) is 0 Å². The van der Waals surface area contributed by atoms with Gasteiger partial charge in [0.25, 0.3) is 11.8 Å². The molecule has 1 unspecified atom stereocenters. The summed E-state index contributed by atoms with van der Waals surface area (Å²) in [5.74, 6) is -0.153. The molecule has 3 aromatic rings. The number of benzene rings is 1. The van der Waals surface area contributed by atoms with Gasteiger partial charge in [0.1, 0.15) is 0 Å². The maximum Gasteiger partial charge on any atom is 0.257 e. The zero-order chi connectivity index (χ0) is 23.9. The molecule has 176 valence electrons. The fraction of sp³-hybridized carbons (Fsp3) is 0.480. The fourth-order valence-electron chi connectivity index (χ4n) is 4.36. The average Bonchev–Trinajstić information content (AvgIpc) is 3.42. The molecule has 3 heterocycles. The molecule has 1 aromatic carbocycles. The maximum absolute atomic E-state index is 13.7. The first-order valence-corrected chi connectivity index (χ1v) is 12.2. The molecule has 2 amide bonds. The number of likely N-dealkylation sites (N-methyl/N-ethyl adjacent to an activating group) is 1. The van der Waals surface area contributed by atoms with E-state index in [9.17, 15) is 9.59 Å². The van der Waals surface area contributed by atoms with Crippen LogP contribution in [0, 0.1) is 6.92 Å². The van der Waals surface area contributed by atoms with Crippen LogP contribution < -0.4 is 5.32 Å². The molecular weight excluding hydrogens is 434 g/mol. The lowest BCUT2D eigenvalue weighted by Crippen LogP contribution is -2.41. The Morgan fingerprint density at radius 3 is 2.55 bits per heavy atom. The average molecular weight is 468 g/mol. The number of nitrogens with zero attached hydrogens (tertiary/aromatic N) is 4. The predicted molar refractivity (Wildman–Crippen MR) is 134 cm³/mol. The van der Waals surface area contributed by atoms with Crippen LogP contribution in [0.4, 0.5) is 5.13 Å². The van der Waals surface area contributed by atoms with Crippen LogP contribution in [0.25, 0.3) is 10.3 Å². The summed E-state index contributed by atoms with van der Waals surface area (Å²) in [4.78, 5) is 35.3. The number of rotatable bonds is 5. The van der Waals surface area contributed by atoms with Crippen molar-refractivity contribution in [3.05, 3.63) is 47.2 Å². The summed E-state index contributed by atoms with van der Waals surface area (Å²) in [6.45, 7) is 9.90. The molecule has 1 fully saturated rings. The van der Waals surface area contributed by atoms with Crippen molar-refractivity contribution in [3.63, 3.8) is 0 Å². The first-order chi connectivity index (χ1) is 15.5. The van der Waals surface area contributed by atoms with Gasteiger partial charge < -0.3 is 14.4 Å². The molecule has 1 saturated heterocycles. The number of hydrogen-bond donors (Lipinski definition) is 1. The highest BCUT2D eigenvalue weighted by Crippen LogP contribution is 2.36. The number of amides is 2. The highest BCUT2D eigenvalue weighted by atomic mass is 32.1. The third-order valence-corrected chi connectivity index (χ3v) is 7.03. The third-order valence-electron chi connectivity index (χ3n) is 6.04. The zero-order valence-electron chi connectivity index (χ0n) is 20.3. The summed E-state index contributed by atoms with van der Waals surface area (Å²) in [7, 11) is 4.09. The minimum atomic E-state index is -0.253. The molecule has 0 aliphatic carbocycles. The number of likely N-dealkylation sites (tertiary alicyclic amines) is 1. The number of aromatic nitrogens is 2. The number of nitrogens with one attached hydrogen (secondary N) is 1. The first-order valence-electron chi connectivity index (χ1n) is 11.4. The number of fused-ring (bicyclic) bond motifs is 1. The number of thiazole rings is 1. The number of hydrogen-bond acceptors (Lipinski definition) is 5. The molecule has 0 radical (unpaired) electrons. The molecule has 8 heteroatoms. The van der Waals surface area contributed by atoms with Gasteiger partial charge in [0.05, 0.1) is 10.3 Å². The van der Waals surface area contributed by atoms with Gasteiger partial charge in [0.2, 0.25) is 0 Å². The van der Waals surface area contributed by atoms with E-state index in [0.717, 1.165) is 41.8 Å². The molecule has 0 bridgehead atoms. The molecular formula is C25H33N5O2S. The van der Waals surface area contributed by atoms with Crippen molar-refractivity contribution in [1.29, 1.82) is 0 Å². The minimum Gasteiger partial charge on any atom is -0.334 e. The second-order valence-corrected chi connectivity index (χ2v) is 11.1. The van der Waals surface area contributed by atoms with Crippen molar-refractivity contribution >= 4 is 38.6 Å². The Kier molecular flexibility index (Phi) is 6.33. The van der Waals surface area contributed by atoms with Gasteiger partial charge in [-0.15, -0.1) is 0 Å². The van der Waals surface area contributed by atoms with E-state index in [4.69, 9.17) is 4.98 Å². The van der Waals surface area contributed by atoms with E-state index in [1.54, 1.807) is 12.1 Å². The number of carbonyl (C=O) groups is 2. The van der Waals surface area contributed by atoms with Crippen LogP contribution in [0.3, 0.4) is 0 Å². The summed E-state index contributed by atoms with van der Waals surface area (Å²) in [5, 5.41) is 3.43. The first kappa shape index (κ1) is 23.4. The van der Waals surface area contributed by atoms with Gasteiger partial charge in [0.15, 0.2) is 10.8 Å². The topological polar surface area (TPSA) is 70.5 Å². The van der Waals surface area contributed by atoms with E-state index >= 15 is 0 Å². The number of aryl methyl sites for hydroxylation is 1. The van der Waals surface area contributed by atoms with E-state index in [1.165, 1.54) is 11.3 Å². The van der Waals surface area contributed by atoms with Gasteiger partial charge in [-0.2, -0.15) is 0 Å². The van der Waals surface area contributed by atoms with Crippen LogP contribution in [-0.2, 0) is 5.54 Å². The fourth-order valence-corrected chi connectivity index (χ4v) is 5.31. The van der Waals surface area contributed by atoms with Gasteiger partial charge in [-0.25, -0.2) is 4.98 Å². The van der Waals surface area contributed by atoms with Crippen LogP contribution in [0.5, 0.6) is 0 Å². The van der Waals surface area contributed by atoms with Crippen LogP contribution in [-0.4, -0.2) is 64.4 Å². The Balaban J connectivity index is 1.68. The highest BCUT2D eigenvalue weighted by Gasteiger charge is 2.33.